The van der Waals surface area contributed by atoms with Crippen molar-refractivity contribution < 1.29 is 33.3 Å². The van der Waals surface area contributed by atoms with E-state index in [4.69, 9.17) is 43.6 Å². The Morgan fingerprint density at radius 1 is 0.395 bits per heavy atom. The van der Waals surface area contributed by atoms with Crippen molar-refractivity contribution in [3.05, 3.63) is 228 Å². The lowest BCUT2D eigenvalue weighted by Crippen LogP contribution is -2.13. The van der Waals surface area contributed by atoms with Crippen molar-refractivity contribution in [1.82, 2.24) is 44.9 Å². The van der Waals surface area contributed by atoms with Gasteiger partial charge in [-0.1, -0.05) is 32.2 Å². The topological polar surface area (TPSA) is 225 Å². The molecule has 23 heteroatoms. The molecule has 0 bridgehead atoms. The Morgan fingerprint density at radius 3 is 0.988 bits per heavy atom. The number of hydrogen-bond acceptors (Lipinski definition) is 19. The minimum Gasteiger partial charge on any atom is -0.367 e. The summed E-state index contributed by atoms with van der Waals surface area (Å²) in [7, 11) is -5.15. The number of unbranched alkanes of at least 4 members (excludes halogenated alkanes) is 3. The number of aryl methyl sites for hydroxylation is 6. The third-order valence-electron chi connectivity index (χ3n) is 13.6. The summed E-state index contributed by atoms with van der Waals surface area (Å²) >= 11 is 10.5. The molecule has 19 nitrogen and oxygen atoms in total. The predicted molar refractivity (Wildman–Crippen MR) is 341 cm³/mol. The average Bonchev–Trinajstić information content (AvgIpc) is 3.30. The third-order valence-corrected chi connectivity index (χ3v) is 15.7. The van der Waals surface area contributed by atoms with E-state index in [0.717, 1.165) is 138 Å². The molecule has 9 aromatic heterocycles. The van der Waals surface area contributed by atoms with Gasteiger partial charge in [-0.25, -0.2) is 19.5 Å². The summed E-state index contributed by atoms with van der Waals surface area (Å²) in [5.41, 5.74) is 11.5. The molecule has 0 radical (unpaired) electrons. The van der Waals surface area contributed by atoms with Gasteiger partial charge in [-0.3, -0.25) is 29.9 Å². The Bertz CT molecular complexity index is 3300. The van der Waals surface area contributed by atoms with E-state index in [1.165, 1.54) is 0 Å². The van der Waals surface area contributed by atoms with Gasteiger partial charge in [0, 0.05) is 144 Å². The van der Waals surface area contributed by atoms with Gasteiger partial charge in [0.15, 0.2) is 17.5 Å². The second-order valence-corrected chi connectivity index (χ2v) is 24.6. The fourth-order valence-electron chi connectivity index (χ4n) is 9.21. The first-order valence-corrected chi connectivity index (χ1v) is 32.1. The van der Waals surface area contributed by atoms with E-state index in [9.17, 15) is 0 Å². The Balaban J connectivity index is 0.984. The highest BCUT2D eigenvalue weighted by Gasteiger charge is 2.37. The van der Waals surface area contributed by atoms with Gasteiger partial charge in [0.2, 0.25) is 17.2 Å². The number of phosphoric acid groups is 1. The summed E-state index contributed by atoms with van der Waals surface area (Å²) in [6.45, 7) is 7.69. The molecule has 0 aliphatic rings. The summed E-state index contributed by atoms with van der Waals surface area (Å²) < 4.78 is 35.7. The molecule has 0 fully saturated rings. The maximum atomic E-state index is 15.4. The molecule has 0 aromatic carbocycles. The first-order chi connectivity index (χ1) is 41.9. The largest absolute Gasteiger partial charge is 0.583 e. The summed E-state index contributed by atoms with van der Waals surface area (Å²) in [5, 5.41) is 10.1. The molecule has 0 aliphatic heterocycles. The lowest BCUT2D eigenvalue weighted by atomic mass is 10.1. The van der Waals surface area contributed by atoms with E-state index >= 15 is 4.57 Å². The molecular formula is C63H66Br3N12O7P. The molecule has 9 aromatic rings. The number of halogens is 3. The molecule has 9 heterocycles. The second-order valence-electron chi connectivity index (χ2n) is 20.5. The summed E-state index contributed by atoms with van der Waals surface area (Å²) in [5.74, 6) is 1.16. The molecule has 86 heavy (non-hydrogen) atoms. The predicted octanol–water partition coefficient (Wildman–Crippen LogP) is 15.0. The Kier molecular flexibility index (Phi) is 23.8. The monoisotopic (exact) mass is 1370 g/mol. The minimum absolute atomic E-state index is 0.0799. The Hall–Kier alpha value is -7.30. The van der Waals surface area contributed by atoms with E-state index in [0.29, 0.717) is 56.4 Å². The number of anilines is 3. The molecule has 0 aliphatic carbocycles. The van der Waals surface area contributed by atoms with Crippen LogP contribution >= 0.6 is 55.6 Å². The van der Waals surface area contributed by atoms with Crippen molar-refractivity contribution >= 4 is 73.1 Å². The van der Waals surface area contributed by atoms with Crippen LogP contribution in [0.4, 0.5) is 17.5 Å². The highest BCUT2D eigenvalue weighted by Crippen LogP contribution is 2.52. The lowest BCUT2D eigenvalue weighted by Gasteiger charge is -2.19. The van der Waals surface area contributed by atoms with Crippen LogP contribution in [0, 0.1) is 20.8 Å². The molecule has 0 unspecified atom stereocenters. The van der Waals surface area contributed by atoms with Crippen molar-refractivity contribution in [2.75, 3.05) is 35.6 Å². The maximum absolute atomic E-state index is 15.4. The van der Waals surface area contributed by atoms with Crippen LogP contribution in [0.3, 0.4) is 0 Å². The number of rotatable bonds is 33. The fraction of sp³-hybridized carbons (Fsp3) is 0.286. The van der Waals surface area contributed by atoms with Gasteiger partial charge in [-0.05, 0) is 231 Å². The van der Waals surface area contributed by atoms with Crippen LogP contribution < -0.4 is 30.6 Å². The maximum Gasteiger partial charge on any atom is 0.583 e. The van der Waals surface area contributed by atoms with Crippen molar-refractivity contribution in [3.8, 4) is 17.2 Å². The molecule has 0 saturated carbocycles. The van der Waals surface area contributed by atoms with Crippen LogP contribution in [0.2, 0.25) is 0 Å². The normalized spacial score (nSPS) is 11.3. The number of hydrogen-bond donors (Lipinski definition) is 3. The first-order valence-electron chi connectivity index (χ1n) is 28.3. The van der Waals surface area contributed by atoms with Crippen molar-refractivity contribution in [3.63, 3.8) is 0 Å². The van der Waals surface area contributed by atoms with E-state index in [1.54, 1.807) is 74.0 Å². The zero-order valence-corrected chi connectivity index (χ0v) is 53.6. The molecule has 0 saturated heterocycles. The average molecular weight is 1370 g/mol. The van der Waals surface area contributed by atoms with Crippen LogP contribution in [0.25, 0.3) is 0 Å². The standard InChI is InChI=1S/C63H66Br3N12O7P/c1-43-25-52(64)40-73-55(43)16-4-7-22-70-61-58(31-49(37-76-61)28-46-13-10-19-67-34-46)80-83-86(79,84-81-59-32-50(29-47-14-11-20-68-35-47)38-77-62(59)71-23-8-5-17-56-44(2)26-53(65)41-74-56)85-82-60-33-51(30-48-15-12-21-69-36-48)39-78-63(60)72-24-9-6-18-57-45(3)27-54(66)42-75-57/h10-15,19-21,25-27,31-42H,4-9,16-18,22-24,28-30H2,1-3H3,(H,70,76)(H,71,77)(H,72,78). The van der Waals surface area contributed by atoms with Crippen LogP contribution in [-0.2, 0) is 57.1 Å². The van der Waals surface area contributed by atoms with Gasteiger partial charge in [0.1, 0.15) is 0 Å². The van der Waals surface area contributed by atoms with E-state index in [-0.39, 0.29) is 17.2 Å². The summed E-state index contributed by atoms with van der Waals surface area (Å²) in [4.78, 5) is 59.1. The van der Waals surface area contributed by atoms with Gasteiger partial charge in [0.25, 0.3) is 0 Å². The molecule has 3 N–H and O–H groups in total. The van der Waals surface area contributed by atoms with Crippen LogP contribution in [0.5, 0.6) is 17.2 Å². The van der Waals surface area contributed by atoms with Gasteiger partial charge in [-0.2, -0.15) is 0 Å². The first kappa shape index (κ1) is 63.2. The van der Waals surface area contributed by atoms with Gasteiger partial charge in [0.05, 0.1) is 0 Å². The smallest absolute Gasteiger partial charge is 0.367 e. The zero-order valence-electron chi connectivity index (χ0n) is 47.9. The summed E-state index contributed by atoms with van der Waals surface area (Å²) in [6, 6.07) is 22.8. The van der Waals surface area contributed by atoms with Crippen molar-refractivity contribution in [2.45, 2.75) is 97.8 Å². The fourth-order valence-corrected chi connectivity index (χ4v) is 11.1. The second kappa shape index (κ2) is 32.4. The molecular weight excluding hydrogens is 1310 g/mol. The van der Waals surface area contributed by atoms with Gasteiger partial charge >= 0.3 is 7.82 Å². The van der Waals surface area contributed by atoms with Gasteiger partial charge < -0.3 is 30.6 Å². The molecule has 0 atom stereocenters. The Morgan fingerprint density at radius 2 is 0.709 bits per heavy atom. The van der Waals surface area contributed by atoms with Crippen LogP contribution in [0.15, 0.2) is 161 Å². The molecule has 0 spiro atoms. The highest BCUT2D eigenvalue weighted by atomic mass is 79.9. The Labute approximate surface area is 526 Å². The highest BCUT2D eigenvalue weighted by molar-refractivity contribution is 9.11. The minimum atomic E-state index is -5.15. The molecule has 446 valence electrons. The summed E-state index contributed by atoms with van der Waals surface area (Å²) in [6.07, 6.45) is 29.6. The third kappa shape index (κ3) is 19.9. The van der Waals surface area contributed by atoms with E-state index in [1.807, 2.05) is 55.0 Å². The SMILES string of the molecule is Cc1cc(Br)cnc1CCCCNc1ncc(Cc2cccnc2)cc1OOP(=O)(OOc1cc(Cc2cccnc2)cnc1NCCCCc1ncc(Br)cc1C)OOc1cc(Cc2cccnc2)cnc1NCCCCc1ncc(Br)cc1C. The number of nitrogens with one attached hydrogen (secondary N) is 3. The molecule has 0 amide bonds. The quantitative estimate of drug-likeness (QED) is 0.0150. The number of aromatic nitrogens is 9. The van der Waals surface area contributed by atoms with Crippen LogP contribution in [0.1, 0.15) is 106 Å². The zero-order chi connectivity index (χ0) is 59.9. The number of nitrogens with zero attached hydrogens (tertiary/aromatic N) is 9. The van der Waals surface area contributed by atoms with Crippen LogP contribution in [-0.4, -0.2) is 64.5 Å². The molecule has 9 rings (SSSR count). The van der Waals surface area contributed by atoms with Crippen molar-refractivity contribution in [1.29, 1.82) is 0 Å². The lowest BCUT2D eigenvalue weighted by molar-refractivity contribution is -0.237. The van der Waals surface area contributed by atoms with Gasteiger partial charge in [-0.15, -0.1) is 0 Å². The van der Waals surface area contributed by atoms with E-state index < -0.39 is 7.82 Å². The van der Waals surface area contributed by atoms with Crippen molar-refractivity contribution in [2.24, 2.45) is 0 Å². The number of pyridine rings is 9. The van der Waals surface area contributed by atoms with E-state index in [2.05, 4.69) is 133 Å².